The normalized spacial score (nSPS) is 19.9. The van der Waals surface area contributed by atoms with Gasteiger partial charge in [-0.1, -0.05) is 0 Å². The van der Waals surface area contributed by atoms with E-state index in [1.165, 1.54) is 25.7 Å². The predicted octanol–water partition coefficient (Wildman–Crippen LogP) is 1.83. The number of rotatable bonds is 4. The Kier molecular flexibility index (Phi) is 3.66. The number of nitrogens with one attached hydrogen (secondary N) is 1. The summed E-state index contributed by atoms with van der Waals surface area (Å²) in [5, 5.41) is 2.99. The Morgan fingerprint density at radius 2 is 1.84 bits per heavy atom. The molecule has 0 spiro atoms. The molecule has 19 heavy (non-hydrogen) atoms. The molecule has 1 aromatic rings. The second-order valence-corrected chi connectivity index (χ2v) is 5.21. The maximum Gasteiger partial charge on any atom is 0.323 e. The molecule has 1 saturated carbocycles. The number of piperidine rings is 1. The summed E-state index contributed by atoms with van der Waals surface area (Å²) in [6.07, 6.45) is 7.47. The average molecular weight is 263 g/mol. The lowest BCUT2D eigenvalue weighted by Crippen LogP contribution is -2.32. The summed E-state index contributed by atoms with van der Waals surface area (Å²) in [6.45, 7) is 2.05. The zero-order chi connectivity index (χ0) is 13.1. The molecule has 0 amide bonds. The zero-order valence-electron chi connectivity index (χ0n) is 11.4. The number of hydrogen-bond donors (Lipinski definition) is 1. The van der Waals surface area contributed by atoms with Crippen molar-refractivity contribution in [2.45, 2.75) is 44.6 Å². The van der Waals surface area contributed by atoms with Crippen LogP contribution in [0.3, 0.4) is 0 Å². The molecule has 0 radical (unpaired) electrons. The van der Waals surface area contributed by atoms with E-state index in [0.29, 0.717) is 18.1 Å². The van der Waals surface area contributed by atoms with E-state index in [0.717, 1.165) is 31.9 Å². The maximum absolute atomic E-state index is 5.80. The Balaban J connectivity index is 1.78. The first kappa shape index (κ1) is 12.4. The first-order valence-electron chi connectivity index (χ1n) is 7.20. The Hall–Kier alpha value is -1.59. The molecule has 2 heterocycles. The van der Waals surface area contributed by atoms with Crippen molar-refractivity contribution in [3.63, 3.8) is 0 Å². The fourth-order valence-corrected chi connectivity index (χ4v) is 2.38. The molecular formula is C13H21N5O. The van der Waals surface area contributed by atoms with Crippen LogP contribution in [0.5, 0.6) is 6.01 Å². The highest BCUT2D eigenvalue weighted by molar-refractivity contribution is 5.38. The molecule has 0 aromatic carbocycles. The van der Waals surface area contributed by atoms with Crippen LogP contribution < -0.4 is 15.0 Å². The third-order valence-electron chi connectivity index (χ3n) is 3.79. The number of hydrogen-bond acceptors (Lipinski definition) is 6. The molecule has 1 aromatic heterocycles. The minimum Gasteiger partial charge on any atom is -0.460 e. The smallest absolute Gasteiger partial charge is 0.323 e. The SMILES string of the molecule is CNc1nc(OC2CCC2)nc(N2CCCCC2)n1. The van der Waals surface area contributed by atoms with Crippen molar-refractivity contribution in [1.29, 1.82) is 0 Å². The van der Waals surface area contributed by atoms with Gasteiger partial charge in [0.15, 0.2) is 0 Å². The molecule has 0 atom stereocenters. The topological polar surface area (TPSA) is 63.2 Å². The minimum atomic E-state index is 0.293. The summed E-state index contributed by atoms with van der Waals surface area (Å²) < 4.78 is 5.80. The van der Waals surface area contributed by atoms with E-state index < -0.39 is 0 Å². The summed E-state index contributed by atoms with van der Waals surface area (Å²) in [4.78, 5) is 15.4. The number of aromatic nitrogens is 3. The van der Waals surface area contributed by atoms with Crippen LogP contribution >= 0.6 is 0 Å². The molecule has 104 valence electrons. The van der Waals surface area contributed by atoms with Gasteiger partial charge in [-0.05, 0) is 38.5 Å². The lowest BCUT2D eigenvalue weighted by Gasteiger charge is -2.28. The molecule has 0 unspecified atom stereocenters. The van der Waals surface area contributed by atoms with E-state index >= 15 is 0 Å². The van der Waals surface area contributed by atoms with E-state index in [9.17, 15) is 0 Å². The molecule has 2 fully saturated rings. The molecule has 3 rings (SSSR count). The number of ether oxygens (including phenoxy) is 1. The van der Waals surface area contributed by atoms with Gasteiger partial charge in [0, 0.05) is 20.1 Å². The third-order valence-corrected chi connectivity index (χ3v) is 3.79. The first-order valence-corrected chi connectivity index (χ1v) is 7.20. The van der Waals surface area contributed by atoms with E-state index in [1.807, 2.05) is 7.05 Å². The van der Waals surface area contributed by atoms with Crippen LogP contribution in [0.15, 0.2) is 0 Å². The van der Waals surface area contributed by atoms with Crippen molar-refractivity contribution in [3.8, 4) is 6.01 Å². The Bertz CT molecular complexity index is 429. The van der Waals surface area contributed by atoms with Crippen LogP contribution in [-0.2, 0) is 0 Å². The highest BCUT2D eigenvalue weighted by atomic mass is 16.5. The second-order valence-electron chi connectivity index (χ2n) is 5.21. The Morgan fingerprint density at radius 3 is 2.47 bits per heavy atom. The molecule has 0 bridgehead atoms. The summed E-state index contributed by atoms with van der Waals surface area (Å²) in [5.74, 6) is 1.33. The van der Waals surface area contributed by atoms with Gasteiger partial charge in [0.25, 0.3) is 0 Å². The first-order chi connectivity index (χ1) is 9.35. The summed E-state index contributed by atoms with van der Waals surface area (Å²) in [6, 6.07) is 0.463. The van der Waals surface area contributed by atoms with Gasteiger partial charge in [-0.25, -0.2) is 0 Å². The van der Waals surface area contributed by atoms with E-state index in [1.54, 1.807) is 0 Å². The van der Waals surface area contributed by atoms with Crippen molar-refractivity contribution < 1.29 is 4.74 Å². The van der Waals surface area contributed by atoms with E-state index in [-0.39, 0.29) is 0 Å². The molecule has 1 N–H and O–H groups in total. The van der Waals surface area contributed by atoms with Crippen LogP contribution in [0.4, 0.5) is 11.9 Å². The largest absolute Gasteiger partial charge is 0.460 e. The van der Waals surface area contributed by atoms with Gasteiger partial charge in [-0.15, -0.1) is 0 Å². The molecule has 1 saturated heterocycles. The van der Waals surface area contributed by atoms with Gasteiger partial charge >= 0.3 is 6.01 Å². The lowest BCUT2D eigenvalue weighted by atomic mass is 9.96. The second kappa shape index (κ2) is 5.59. The van der Waals surface area contributed by atoms with Crippen LogP contribution in [0.2, 0.25) is 0 Å². The highest BCUT2D eigenvalue weighted by Crippen LogP contribution is 2.25. The van der Waals surface area contributed by atoms with Gasteiger partial charge in [0.05, 0.1) is 0 Å². The predicted molar refractivity (Wildman–Crippen MR) is 73.7 cm³/mol. The Morgan fingerprint density at radius 1 is 1.05 bits per heavy atom. The third kappa shape index (κ3) is 2.88. The lowest BCUT2D eigenvalue weighted by molar-refractivity contribution is 0.108. The van der Waals surface area contributed by atoms with Gasteiger partial charge in [-0.2, -0.15) is 15.0 Å². The van der Waals surface area contributed by atoms with Crippen LogP contribution in [0.25, 0.3) is 0 Å². The standard InChI is InChI=1S/C13H21N5O/c1-14-11-15-12(18-8-3-2-4-9-18)17-13(16-11)19-10-6-5-7-10/h10H,2-9H2,1H3,(H,14,15,16,17). The molecule has 1 aliphatic carbocycles. The van der Waals surface area contributed by atoms with Gasteiger partial charge in [-0.3, -0.25) is 0 Å². The van der Waals surface area contributed by atoms with Gasteiger partial charge in [0.1, 0.15) is 6.10 Å². The van der Waals surface area contributed by atoms with Crippen molar-refractivity contribution >= 4 is 11.9 Å². The summed E-state index contributed by atoms with van der Waals surface area (Å²) in [5.41, 5.74) is 0. The Labute approximate surface area is 113 Å². The quantitative estimate of drug-likeness (QED) is 0.894. The van der Waals surface area contributed by atoms with Crippen molar-refractivity contribution in [2.24, 2.45) is 0 Å². The minimum absolute atomic E-state index is 0.293. The molecule has 6 nitrogen and oxygen atoms in total. The zero-order valence-corrected chi connectivity index (χ0v) is 11.4. The number of anilines is 2. The summed E-state index contributed by atoms with van der Waals surface area (Å²) in [7, 11) is 1.82. The van der Waals surface area contributed by atoms with Crippen molar-refractivity contribution in [3.05, 3.63) is 0 Å². The van der Waals surface area contributed by atoms with Crippen LogP contribution in [0.1, 0.15) is 38.5 Å². The molecule has 2 aliphatic rings. The molecule has 6 heteroatoms. The van der Waals surface area contributed by atoms with Gasteiger partial charge in [0.2, 0.25) is 11.9 Å². The molecular weight excluding hydrogens is 242 g/mol. The monoisotopic (exact) mass is 263 g/mol. The van der Waals surface area contributed by atoms with E-state index in [4.69, 9.17) is 4.74 Å². The van der Waals surface area contributed by atoms with Crippen molar-refractivity contribution in [2.75, 3.05) is 30.4 Å². The molecule has 1 aliphatic heterocycles. The van der Waals surface area contributed by atoms with E-state index in [2.05, 4.69) is 25.2 Å². The number of nitrogens with zero attached hydrogens (tertiary/aromatic N) is 4. The fourth-order valence-electron chi connectivity index (χ4n) is 2.38. The van der Waals surface area contributed by atoms with Crippen molar-refractivity contribution in [1.82, 2.24) is 15.0 Å². The van der Waals surface area contributed by atoms with Gasteiger partial charge < -0.3 is 15.0 Å². The van der Waals surface area contributed by atoms with Crippen LogP contribution in [0, 0.1) is 0 Å². The fraction of sp³-hybridized carbons (Fsp3) is 0.769. The summed E-state index contributed by atoms with van der Waals surface area (Å²) >= 11 is 0. The highest BCUT2D eigenvalue weighted by Gasteiger charge is 2.22. The maximum atomic E-state index is 5.80. The average Bonchev–Trinajstić information content (AvgIpc) is 2.43. The van der Waals surface area contributed by atoms with Crippen LogP contribution in [-0.4, -0.2) is 41.2 Å².